The molecule has 0 unspecified atom stereocenters. The highest BCUT2D eigenvalue weighted by Gasteiger charge is 2.45. The van der Waals surface area contributed by atoms with Crippen LogP contribution in [0.4, 0.5) is 0 Å². The van der Waals surface area contributed by atoms with E-state index in [2.05, 4.69) is 31.2 Å². The van der Waals surface area contributed by atoms with Gasteiger partial charge < -0.3 is 29.9 Å². The van der Waals surface area contributed by atoms with Gasteiger partial charge in [0.2, 0.25) is 0 Å². The number of aliphatic hydroxyl groups is 4. The molecule has 6 nitrogen and oxygen atoms in total. The summed E-state index contributed by atoms with van der Waals surface area (Å²) >= 11 is 0. The van der Waals surface area contributed by atoms with Gasteiger partial charge in [-0.2, -0.15) is 0 Å². The molecule has 3 aromatic carbocycles. The van der Waals surface area contributed by atoms with E-state index in [1.54, 1.807) is 25.1 Å². The molecule has 0 heterocycles. The minimum Gasteiger partial charge on any atom is -0.479 e. The third kappa shape index (κ3) is 4.46. The van der Waals surface area contributed by atoms with Crippen molar-refractivity contribution < 1.29 is 29.9 Å². The van der Waals surface area contributed by atoms with Crippen molar-refractivity contribution in [3.8, 4) is 16.9 Å². The molecule has 1 aliphatic carbocycles. The summed E-state index contributed by atoms with van der Waals surface area (Å²) in [7, 11) is 0. The molecule has 0 aliphatic heterocycles. The van der Waals surface area contributed by atoms with Crippen LogP contribution in [-0.4, -0.2) is 20.4 Å². The summed E-state index contributed by atoms with van der Waals surface area (Å²) in [6.45, 7) is 3.78. The van der Waals surface area contributed by atoms with Crippen molar-refractivity contribution in [2.75, 3.05) is 0 Å². The first-order valence-electron chi connectivity index (χ1n) is 11.0. The Morgan fingerprint density at radius 3 is 1.77 bits per heavy atom. The lowest BCUT2D eigenvalue weighted by molar-refractivity contribution is 0.164. The number of aliphatic hydroxyl groups excluding tert-OH is 2. The van der Waals surface area contributed by atoms with Crippen molar-refractivity contribution >= 4 is 0 Å². The lowest BCUT2D eigenvalue weighted by atomic mass is 9.67. The van der Waals surface area contributed by atoms with Crippen molar-refractivity contribution in [2.45, 2.75) is 19.3 Å². The average molecular weight is 471 g/mol. The van der Waals surface area contributed by atoms with Crippen molar-refractivity contribution in [1.82, 2.24) is 0 Å². The van der Waals surface area contributed by atoms with E-state index in [0.29, 0.717) is 11.5 Å². The zero-order valence-electron chi connectivity index (χ0n) is 19.3. The monoisotopic (exact) mass is 470 g/mol. The van der Waals surface area contributed by atoms with Crippen LogP contribution in [0, 0.1) is 0 Å². The molecule has 0 saturated carbocycles. The van der Waals surface area contributed by atoms with E-state index in [-0.39, 0.29) is 0 Å². The van der Waals surface area contributed by atoms with Crippen LogP contribution >= 0.6 is 0 Å². The number of ether oxygens (including phenoxy) is 2. The van der Waals surface area contributed by atoms with Crippen LogP contribution in [0.5, 0.6) is 5.75 Å². The number of allylic oxidation sites excluding steroid dienone is 4. The zero-order valence-corrected chi connectivity index (χ0v) is 19.3. The van der Waals surface area contributed by atoms with Crippen LogP contribution in [0.3, 0.4) is 0 Å². The second-order valence-electron chi connectivity index (χ2n) is 8.18. The molecular formula is C29H26O6. The first kappa shape index (κ1) is 23.6. The van der Waals surface area contributed by atoms with Crippen molar-refractivity contribution in [3.05, 3.63) is 137 Å². The molecule has 6 heteroatoms. The fourth-order valence-corrected chi connectivity index (χ4v) is 4.66. The second kappa shape index (κ2) is 9.73. The van der Waals surface area contributed by atoms with Gasteiger partial charge in [-0.05, 0) is 59.9 Å². The zero-order chi connectivity index (χ0) is 25.0. The third-order valence-corrected chi connectivity index (χ3v) is 6.05. The van der Waals surface area contributed by atoms with Gasteiger partial charge in [0.05, 0.1) is 5.41 Å². The molecular weight excluding hydrogens is 444 g/mol. The SMILES string of the molecule is C/C(=C\C=C(/C)C1(c2ccc(OC=C(O)O)cc2)c2ccccc2-c2ccccc21)OC=C(O)O. The van der Waals surface area contributed by atoms with Gasteiger partial charge in [-0.3, -0.25) is 0 Å². The van der Waals surface area contributed by atoms with Crippen LogP contribution in [0.1, 0.15) is 30.5 Å². The summed E-state index contributed by atoms with van der Waals surface area (Å²) in [4.78, 5) is 0. The summed E-state index contributed by atoms with van der Waals surface area (Å²) in [6, 6.07) is 24.1. The average Bonchev–Trinajstić information content (AvgIpc) is 3.16. The highest BCUT2D eigenvalue weighted by Crippen LogP contribution is 2.56. The van der Waals surface area contributed by atoms with Gasteiger partial charge in [0.25, 0.3) is 0 Å². The van der Waals surface area contributed by atoms with E-state index in [9.17, 15) is 0 Å². The van der Waals surface area contributed by atoms with Gasteiger partial charge in [0.15, 0.2) is 12.5 Å². The largest absolute Gasteiger partial charge is 0.479 e. The summed E-state index contributed by atoms with van der Waals surface area (Å²) < 4.78 is 10.5. The normalized spacial score (nSPS) is 13.9. The molecule has 4 rings (SSSR count). The lowest BCUT2D eigenvalue weighted by Crippen LogP contribution is -2.28. The van der Waals surface area contributed by atoms with Crippen molar-refractivity contribution in [1.29, 1.82) is 0 Å². The fraction of sp³-hybridized carbons (Fsp3) is 0.103. The molecule has 0 aromatic heterocycles. The summed E-state index contributed by atoms with van der Waals surface area (Å²) in [6.07, 6.45) is 5.48. The van der Waals surface area contributed by atoms with Crippen LogP contribution in [0.15, 0.2) is 121 Å². The van der Waals surface area contributed by atoms with Gasteiger partial charge in [-0.25, -0.2) is 0 Å². The highest BCUT2D eigenvalue weighted by atomic mass is 16.5. The predicted molar refractivity (Wildman–Crippen MR) is 134 cm³/mol. The topological polar surface area (TPSA) is 99.4 Å². The molecule has 0 atom stereocenters. The number of hydrogen-bond acceptors (Lipinski definition) is 6. The number of benzene rings is 3. The Hall–Kier alpha value is -4.58. The van der Waals surface area contributed by atoms with Gasteiger partial charge in [-0.15, -0.1) is 0 Å². The van der Waals surface area contributed by atoms with E-state index < -0.39 is 17.3 Å². The van der Waals surface area contributed by atoms with E-state index in [4.69, 9.17) is 29.9 Å². The molecule has 178 valence electrons. The minimum absolute atomic E-state index is 0.463. The van der Waals surface area contributed by atoms with Crippen LogP contribution in [0.25, 0.3) is 11.1 Å². The van der Waals surface area contributed by atoms with Gasteiger partial charge >= 0.3 is 11.9 Å². The molecule has 0 bridgehead atoms. The van der Waals surface area contributed by atoms with Gasteiger partial charge in [0, 0.05) is 0 Å². The fourth-order valence-electron chi connectivity index (χ4n) is 4.66. The minimum atomic E-state index is -0.906. The van der Waals surface area contributed by atoms with E-state index in [1.165, 1.54) is 0 Å². The standard InChI is InChI=1S/C29H26O6/c1-19(11-12-20(2)34-17-27(30)31)29(21-13-15-22(16-14-21)35-18-28(32)33)25-9-5-3-7-23(25)24-8-4-6-10-26(24)29/h3-18,30-33H,1-2H3/b19-11+,20-12+. The Kier molecular flexibility index (Phi) is 6.55. The predicted octanol–water partition coefficient (Wildman–Crippen LogP) is 7.08. The highest BCUT2D eigenvalue weighted by molar-refractivity contribution is 5.85. The number of rotatable bonds is 7. The Labute approximate surface area is 203 Å². The van der Waals surface area contributed by atoms with Gasteiger partial charge in [-0.1, -0.05) is 72.3 Å². The maximum Gasteiger partial charge on any atom is 0.311 e. The van der Waals surface area contributed by atoms with E-state index in [0.717, 1.165) is 45.9 Å². The maximum atomic E-state index is 8.98. The smallest absolute Gasteiger partial charge is 0.311 e. The lowest BCUT2D eigenvalue weighted by Gasteiger charge is -2.34. The molecule has 4 N–H and O–H groups in total. The molecule has 0 saturated heterocycles. The van der Waals surface area contributed by atoms with Crippen LogP contribution in [-0.2, 0) is 10.2 Å². The molecule has 0 spiro atoms. The molecule has 35 heavy (non-hydrogen) atoms. The second-order valence-corrected chi connectivity index (χ2v) is 8.18. The van der Waals surface area contributed by atoms with Crippen molar-refractivity contribution in [3.63, 3.8) is 0 Å². The Morgan fingerprint density at radius 2 is 1.23 bits per heavy atom. The molecule has 0 fully saturated rings. The van der Waals surface area contributed by atoms with E-state index >= 15 is 0 Å². The number of fused-ring (bicyclic) bond motifs is 3. The Morgan fingerprint density at radius 1 is 0.686 bits per heavy atom. The van der Waals surface area contributed by atoms with Crippen LogP contribution < -0.4 is 4.74 Å². The number of hydrogen-bond donors (Lipinski definition) is 4. The summed E-state index contributed by atoms with van der Waals surface area (Å²) in [5, 5.41) is 35.9. The quantitative estimate of drug-likeness (QED) is 0.218. The van der Waals surface area contributed by atoms with Crippen LogP contribution in [0.2, 0.25) is 0 Å². The first-order valence-corrected chi connectivity index (χ1v) is 11.0. The summed E-state index contributed by atoms with van der Waals surface area (Å²) in [5.41, 5.74) is 5.99. The third-order valence-electron chi connectivity index (χ3n) is 6.05. The van der Waals surface area contributed by atoms with Gasteiger partial charge in [0.1, 0.15) is 11.5 Å². The maximum absolute atomic E-state index is 8.98. The molecule has 0 radical (unpaired) electrons. The van der Waals surface area contributed by atoms with E-state index in [1.807, 2.05) is 42.5 Å². The Bertz CT molecular complexity index is 1290. The Balaban J connectivity index is 1.91. The molecule has 1 aliphatic rings. The first-order chi connectivity index (χ1) is 16.8. The molecule has 0 amide bonds. The summed E-state index contributed by atoms with van der Waals surface area (Å²) in [5.74, 6) is -0.860. The molecule has 3 aromatic rings. The van der Waals surface area contributed by atoms with Crippen molar-refractivity contribution in [2.24, 2.45) is 0 Å².